The molecule has 0 saturated heterocycles. The molecule has 0 bridgehead atoms. The van der Waals surface area contributed by atoms with E-state index in [1.165, 1.54) is 43.4 Å². The summed E-state index contributed by atoms with van der Waals surface area (Å²) in [6.45, 7) is 4.54. The van der Waals surface area contributed by atoms with Crippen molar-refractivity contribution in [2.45, 2.75) is 39.2 Å². The second-order valence-electron chi connectivity index (χ2n) is 4.55. The van der Waals surface area contributed by atoms with Gasteiger partial charge in [-0.15, -0.1) is 0 Å². The summed E-state index contributed by atoms with van der Waals surface area (Å²) in [6.07, 6.45) is 9.85. The van der Waals surface area contributed by atoms with Crippen molar-refractivity contribution in [1.29, 1.82) is 0 Å². The van der Waals surface area contributed by atoms with Crippen LogP contribution in [0.15, 0.2) is 30.5 Å². The van der Waals surface area contributed by atoms with Gasteiger partial charge in [0.1, 0.15) is 0 Å². The predicted octanol–water partition coefficient (Wildman–Crippen LogP) is 4.05. The minimum absolute atomic E-state index is 1.08. The SMILES string of the molecule is CCCCCCN1C=Cc2ccccc2C1. The molecular weight excluding hydrogens is 194 g/mol. The zero-order valence-electron chi connectivity index (χ0n) is 10.2. The van der Waals surface area contributed by atoms with Gasteiger partial charge in [0.25, 0.3) is 0 Å². The highest BCUT2D eigenvalue weighted by molar-refractivity contribution is 5.55. The van der Waals surface area contributed by atoms with Crippen molar-refractivity contribution in [2.75, 3.05) is 6.54 Å². The van der Waals surface area contributed by atoms with Gasteiger partial charge in [-0.25, -0.2) is 0 Å². The van der Waals surface area contributed by atoms with Gasteiger partial charge in [-0.3, -0.25) is 0 Å². The number of benzene rings is 1. The normalized spacial score (nSPS) is 13.9. The Balaban J connectivity index is 1.84. The van der Waals surface area contributed by atoms with Gasteiger partial charge in [-0.1, -0.05) is 50.5 Å². The number of hydrogen-bond donors (Lipinski definition) is 0. The first-order chi connectivity index (χ1) is 7.90. The average Bonchev–Trinajstić information content (AvgIpc) is 2.34. The molecule has 1 heterocycles. The zero-order valence-corrected chi connectivity index (χ0v) is 10.2. The van der Waals surface area contributed by atoms with Crippen molar-refractivity contribution in [2.24, 2.45) is 0 Å². The van der Waals surface area contributed by atoms with Crippen molar-refractivity contribution >= 4 is 6.08 Å². The summed E-state index contributed by atoms with van der Waals surface area (Å²) in [6, 6.07) is 8.67. The molecule has 0 unspecified atom stereocenters. The molecule has 0 spiro atoms. The third-order valence-electron chi connectivity index (χ3n) is 3.19. The lowest BCUT2D eigenvalue weighted by molar-refractivity contribution is 0.354. The van der Waals surface area contributed by atoms with Gasteiger partial charge in [0, 0.05) is 13.1 Å². The minimum Gasteiger partial charge on any atom is -0.373 e. The van der Waals surface area contributed by atoms with Crippen molar-refractivity contribution in [1.82, 2.24) is 4.90 Å². The van der Waals surface area contributed by atoms with Gasteiger partial charge in [0.15, 0.2) is 0 Å². The van der Waals surface area contributed by atoms with Crippen LogP contribution < -0.4 is 0 Å². The van der Waals surface area contributed by atoms with Crippen LogP contribution in [0.4, 0.5) is 0 Å². The lowest BCUT2D eigenvalue weighted by atomic mass is 10.0. The molecule has 1 heteroatoms. The van der Waals surface area contributed by atoms with Crippen LogP contribution in [-0.2, 0) is 6.54 Å². The molecule has 16 heavy (non-hydrogen) atoms. The maximum Gasteiger partial charge on any atom is 0.0429 e. The van der Waals surface area contributed by atoms with Crippen LogP contribution >= 0.6 is 0 Å². The van der Waals surface area contributed by atoms with Crippen LogP contribution in [0.1, 0.15) is 43.7 Å². The number of hydrogen-bond acceptors (Lipinski definition) is 1. The van der Waals surface area contributed by atoms with E-state index in [-0.39, 0.29) is 0 Å². The van der Waals surface area contributed by atoms with E-state index in [1.54, 1.807) is 0 Å². The quantitative estimate of drug-likeness (QED) is 0.670. The van der Waals surface area contributed by atoms with Crippen molar-refractivity contribution in [3.63, 3.8) is 0 Å². The Hall–Kier alpha value is -1.24. The molecule has 0 amide bonds. The summed E-state index contributed by atoms with van der Waals surface area (Å²) in [7, 11) is 0. The fraction of sp³-hybridized carbons (Fsp3) is 0.467. The van der Waals surface area contributed by atoms with E-state index in [0.29, 0.717) is 0 Å². The highest BCUT2D eigenvalue weighted by atomic mass is 15.1. The van der Waals surface area contributed by atoms with Crippen molar-refractivity contribution < 1.29 is 0 Å². The number of nitrogens with zero attached hydrogens (tertiary/aromatic N) is 1. The Morgan fingerprint density at radius 3 is 2.88 bits per heavy atom. The van der Waals surface area contributed by atoms with Crippen LogP contribution in [0.3, 0.4) is 0 Å². The number of rotatable bonds is 5. The first-order valence-corrected chi connectivity index (χ1v) is 6.40. The van der Waals surface area contributed by atoms with Gasteiger partial charge >= 0.3 is 0 Å². The fourth-order valence-electron chi connectivity index (χ4n) is 2.19. The Morgan fingerprint density at radius 1 is 1.12 bits per heavy atom. The Bertz CT molecular complexity index is 354. The van der Waals surface area contributed by atoms with Crippen LogP contribution in [0, 0.1) is 0 Å². The molecule has 1 nitrogen and oxygen atoms in total. The summed E-state index contributed by atoms with van der Waals surface area (Å²) in [4.78, 5) is 2.43. The summed E-state index contributed by atoms with van der Waals surface area (Å²) in [5, 5.41) is 0. The molecule has 1 aliphatic rings. The molecule has 0 aromatic heterocycles. The highest BCUT2D eigenvalue weighted by Gasteiger charge is 2.08. The molecule has 2 rings (SSSR count). The lowest BCUT2D eigenvalue weighted by Crippen LogP contribution is -2.21. The molecule has 0 radical (unpaired) electrons. The largest absolute Gasteiger partial charge is 0.373 e. The van der Waals surface area contributed by atoms with Gasteiger partial charge in [-0.2, -0.15) is 0 Å². The Labute approximate surface area is 98.8 Å². The first kappa shape index (κ1) is 11.3. The molecular formula is C15H21N. The van der Waals surface area contributed by atoms with E-state index in [1.807, 2.05) is 0 Å². The van der Waals surface area contributed by atoms with Crippen molar-refractivity contribution in [3.8, 4) is 0 Å². The topological polar surface area (TPSA) is 3.24 Å². The number of unbranched alkanes of at least 4 members (excludes halogenated alkanes) is 3. The van der Waals surface area contributed by atoms with Gasteiger partial charge < -0.3 is 4.90 Å². The van der Waals surface area contributed by atoms with Crippen LogP contribution in [-0.4, -0.2) is 11.4 Å². The van der Waals surface area contributed by atoms with Crippen molar-refractivity contribution in [3.05, 3.63) is 41.6 Å². The molecule has 0 aliphatic carbocycles. The van der Waals surface area contributed by atoms with Crippen LogP contribution in [0.5, 0.6) is 0 Å². The van der Waals surface area contributed by atoms with Gasteiger partial charge in [0.2, 0.25) is 0 Å². The molecule has 1 aromatic rings. The van der Waals surface area contributed by atoms with Gasteiger partial charge in [-0.05, 0) is 29.8 Å². The molecule has 0 saturated carbocycles. The minimum atomic E-state index is 1.08. The maximum atomic E-state index is 2.43. The van der Waals surface area contributed by atoms with E-state index in [0.717, 1.165) is 6.54 Å². The smallest absolute Gasteiger partial charge is 0.0429 e. The molecule has 0 fully saturated rings. The van der Waals surface area contributed by atoms with Crippen LogP contribution in [0.25, 0.3) is 6.08 Å². The molecule has 1 aromatic carbocycles. The van der Waals surface area contributed by atoms with Gasteiger partial charge in [0.05, 0.1) is 0 Å². The van der Waals surface area contributed by atoms with E-state index in [2.05, 4.69) is 48.4 Å². The van der Waals surface area contributed by atoms with E-state index >= 15 is 0 Å². The molecule has 86 valence electrons. The third-order valence-corrected chi connectivity index (χ3v) is 3.19. The van der Waals surface area contributed by atoms with Crippen LogP contribution in [0.2, 0.25) is 0 Å². The molecule has 0 N–H and O–H groups in total. The highest BCUT2D eigenvalue weighted by Crippen LogP contribution is 2.19. The summed E-state index contributed by atoms with van der Waals surface area (Å²) >= 11 is 0. The third kappa shape index (κ3) is 2.88. The monoisotopic (exact) mass is 215 g/mol. The average molecular weight is 215 g/mol. The summed E-state index contributed by atoms with van der Waals surface area (Å²) < 4.78 is 0. The second-order valence-corrected chi connectivity index (χ2v) is 4.55. The Kier molecular flexibility index (Phi) is 4.03. The fourth-order valence-corrected chi connectivity index (χ4v) is 2.19. The predicted molar refractivity (Wildman–Crippen MR) is 70.0 cm³/mol. The maximum absolute atomic E-state index is 2.43. The second kappa shape index (κ2) is 5.74. The van der Waals surface area contributed by atoms with E-state index in [4.69, 9.17) is 0 Å². The van der Waals surface area contributed by atoms with E-state index < -0.39 is 0 Å². The molecule has 0 atom stereocenters. The Morgan fingerprint density at radius 2 is 2.00 bits per heavy atom. The summed E-state index contributed by atoms with van der Waals surface area (Å²) in [5.41, 5.74) is 2.84. The standard InChI is InChI=1S/C15H21N/c1-2-3-4-7-11-16-12-10-14-8-5-6-9-15(14)13-16/h5-6,8-10,12H,2-4,7,11,13H2,1H3. The lowest BCUT2D eigenvalue weighted by Gasteiger charge is -2.25. The van der Waals surface area contributed by atoms with E-state index in [9.17, 15) is 0 Å². The first-order valence-electron chi connectivity index (χ1n) is 6.40. The zero-order chi connectivity index (χ0) is 11.2. The molecule has 1 aliphatic heterocycles. The number of fused-ring (bicyclic) bond motifs is 1. The summed E-state index contributed by atoms with van der Waals surface area (Å²) in [5.74, 6) is 0.